The molecule has 0 aromatic heterocycles. The van der Waals surface area contributed by atoms with E-state index in [9.17, 15) is 13.2 Å². The van der Waals surface area contributed by atoms with Crippen LogP contribution in [0.15, 0.2) is 48.5 Å². The lowest BCUT2D eigenvalue weighted by molar-refractivity contribution is 0.0954. The van der Waals surface area contributed by atoms with E-state index in [1.807, 2.05) is 12.1 Å². The van der Waals surface area contributed by atoms with Crippen LogP contribution < -0.4 is 14.9 Å². The first-order valence-electron chi connectivity index (χ1n) is 8.47. The van der Waals surface area contributed by atoms with E-state index in [-0.39, 0.29) is 5.91 Å². The number of amides is 1. The summed E-state index contributed by atoms with van der Waals surface area (Å²) >= 11 is 0. The summed E-state index contributed by atoms with van der Waals surface area (Å²) in [6, 6.07) is 14.6. The lowest BCUT2D eigenvalue weighted by Gasteiger charge is -2.25. The molecule has 0 fully saturated rings. The molecule has 0 radical (unpaired) electrons. The van der Waals surface area contributed by atoms with E-state index in [1.54, 1.807) is 18.2 Å². The number of carbonyl (C=O) groups excluding carboxylic acids is 1. The Morgan fingerprint density at radius 2 is 1.85 bits per heavy atom. The predicted molar refractivity (Wildman–Crippen MR) is 106 cm³/mol. The van der Waals surface area contributed by atoms with Crippen LogP contribution in [0, 0.1) is 6.92 Å². The van der Waals surface area contributed by atoms with Gasteiger partial charge in [-0.3, -0.25) is 9.52 Å². The van der Waals surface area contributed by atoms with Gasteiger partial charge in [0.25, 0.3) is 5.91 Å². The molecular weight excluding hydrogens is 350 g/mol. The average molecular weight is 375 g/mol. The van der Waals surface area contributed by atoms with Crippen molar-refractivity contribution in [3.63, 3.8) is 0 Å². The molecule has 0 heterocycles. The zero-order chi connectivity index (χ0) is 19.2. The van der Waals surface area contributed by atoms with Crippen LogP contribution in [0.25, 0.3) is 0 Å². The highest BCUT2D eigenvalue weighted by Gasteiger charge is 2.10. The van der Waals surface area contributed by atoms with Crippen LogP contribution in [0.2, 0.25) is 0 Å². The second-order valence-corrected chi connectivity index (χ2v) is 7.83. The normalized spacial score (nSPS) is 11.0. The highest BCUT2D eigenvalue weighted by Crippen LogP contribution is 2.18. The molecule has 0 spiro atoms. The van der Waals surface area contributed by atoms with Gasteiger partial charge in [0.1, 0.15) is 0 Å². The van der Waals surface area contributed by atoms with Gasteiger partial charge >= 0.3 is 0 Å². The molecule has 0 aliphatic rings. The summed E-state index contributed by atoms with van der Waals surface area (Å²) in [5.41, 5.74) is 3.14. The number of likely N-dealkylation sites (N-methyl/N-ethyl adjacent to an activating group) is 1. The van der Waals surface area contributed by atoms with Gasteiger partial charge in [-0.2, -0.15) is 0 Å². The molecule has 0 unspecified atom stereocenters. The smallest absolute Gasteiger partial charge is 0.251 e. The van der Waals surface area contributed by atoms with Crippen molar-refractivity contribution < 1.29 is 13.2 Å². The predicted octanol–water partition coefficient (Wildman–Crippen LogP) is 2.62. The molecule has 2 N–H and O–H groups in total. The van der Waals surface area contributed by atoms with Crippen molar-refractivity contribution in [1.82, 2.24) is 5.32 Å². The molecule has 26 heavy (non-hydrogen) atoms. The van der Waals surface area contributed by atoms with Gasteiger partial charge in [-0.25, -0.2) is 8.42 Å². The van der Waals surface area contributed by atoms with Gasteiger partial charge in [-0.15, -0.1) is 0 Å². The first-order chi connectivity index (χ1) is 12.3. The SMILES string of the molecule is CCN(CCNC(=O)c1cccc(NS(C)(=O)=O)c1)c1ccccc1C. The number of hydrogen-bond acceptors (Lipinski definition) is 4. The molecule has 0 saturated carbocycles. The maximum atomic E-state index is 12.3. The highest BCUT2D eigenvalue weighted by atomic mass is 32.2. The molecule has 7 heteroatoms. The van der Waals surface area contributed by atoms with Crippen molar-refractivity contribution in [3.8, 4) is 0 Å². The van der Waals surface area contributed by atoms with Gasteiger partial charge in [0, 0.05) is 36.6 Å². The van der Waals surface area contributed by atoms with Crippen molar-refractivity contribution in [2.24, 2.45) is 0 Å². The average Bonchev–Trinajstić information content (AvgIpc) is 2.58. The van der Waals surface area contributed by atoms with E-state index < -0.39 is 10.0 Å². The Bertz CT molecular complexity index is 866. The summed E-state index contributed by atoms with van der Waals surface area (Å²) < 4.78 is 25.0. The monoisotopic (exact) mass is 375 g/mol. The Balaban J connectivity index is 1.96. The van der Waals surface area contributed by atoms with Crippen LogP contribution in [-0.2, 0) is 10.0 Å². The second kappa shape index (κ2) is 8.71. The minimum atomic E-state index is -3.37. The maximum absolute atomic E-state index is 12.3. The number of benzene rings is 2. The fraction of sp³-hybridized carbons (Fsp3) is 0.316. The number of sulfonamides is 1. The highest BCUT2D eigenvalue weighted by molar-refractivity contribution is 7.92. The first-order valence-corrected chi connectivity index (χ1v) is 10.4. The fourth-order valence-electron chi connectivity index (χ4n) is 2.71. The molecule has 0 bridgehead atoms. The van der Waals surface area contributed by atoms with Crippen molar-refractivity contribution in [2.45, 2.75) is 13.8 Å². The minimum absolute atomic E-state index is 0.233. The molecule has 2 aromatic carbocycles. The van der Waals surface area contributed by atoms with E-state index >= 15 is 0 Å². The standard InChI is InChI=1S/C19H25N3O3S/c1-4-22(18-11-6-5-8-15(18)2)13-12-20-19(23)16-9-7-10-17(14-16)21-26(3,24)25/h5-11,14,21H,4,12-13H2,1-3H3,(H,20,23). The molecule has 0 atom stereocenters. The van der Waals surface area contributed by atoms with Gasteiger partial charge in [-0.1, -0.05) is 24.3 Å². The quantitative estimate of drug-likeness (QED) is 0.743. The molecule has 140 valence electrons. The number of nitrogens with one attached hydrogen (secondary N) is 2. The van der Waals surface area contributed by atoms with E-state index in [0.29, 0.717) is 24.3 Å². The Morgan fingerprint density at radius 3 is 2.50 bits per heavy atom. The minimum Gasteiger partial charge on any atom is -0.370 e. The van der Waals surface area contributed by atoms with Crippen molar-refractivity contribution >= 4 is 27.3 Å². The summed E-state index contributed by atoms with van der Waals surface area (Å²) in [5, 5.41) is 2.89. The number of aryl methyl sites for hydroxylation is 1. The van der Waals surface area contributed by atoms with Gasteiger partial charge in [0.05, 0.1) is 6.26 Å². The van der Waals surface area contributed by atoms with Gasteiger partial charge in [0.2, 0.25) is 10.0 Å². The van der Waals surface area contributed by atoms with Gasteiger partial charge in [-0.05, 0) is 43.7 Å². The topological polar surface area (TPSA) is 78.5 Å². The van der Waals surface area contributed by atoms with Crippen LogP contribution >= 0.6 is 0 Å². The number of hydrogen-bond donors (Lipinski definition) is 2. The van der Waals surface area contributed by atoms with Crippen LogP contribution in [0.4, 0.5) is 11.4 Å². The number of rotatable bonds is 8. The van der Waals surface area contributed by atoms with E-state index in [0.717, 1.165) is 18.5 Å². The Labute approximate surface area is 155 Å². The zero-order valence-electron chi connectivity index (χ0n) is 15.3. The number of nitrogens with zero attached hydrogens (tertiary/aromatic N) is 1. The van der Waals surface area contributed by atoms with Crippen molar-refractivity contribution in [3.05, 3.63) is 59.7 Å². The first kappa shape index (κ1) is 19.8. The second-order valence-electron chi connectivity index (χ2n) is 6.08. The third-order valence-corrected chi connectivity index (χ3v) is 4.54. The van der Waals surface area contributed by atoms with Crippen LogP contribution in [0.3, 0.4) is 0 Å². The maximum Gasteiger partial charge on any atom is 0.251 e. The number of anilines is 2. The Hall–Kier alpha value is -2.54. The fourth-order valence-corrected chi connectivity index (χ4v) is 3.27. The summed E-state index contributed by atoms with van der Waals surface area (Å²) in [4.78, 5) is 14.5. The van der Waals surface area contributed by atoms with Gasteiger partial charge in [0.15, 0.2) is 0 Å². The van der Waals surface area contributed by atoms with Crippen LogP contribution in [0.5, 0.6) is 0 Å². The molecule has 0 aliphatic heterocycles. The van der Waals surface area contributed by atoms with E-state index in [2.05, 4.69) is 40.9 Å². The van der Waals surface area contributed by atoms with Crippen molar-refractivity contribution in [2.75, 3.05) is 35.5 Å². The lowest BCUT2D eigenvalue weighted by atomic mass is 10.1. The van der Waals surface area contributed by atoms with E-state index in [1.165, 1.54) is 11.6 Å². The zero-order valence-corrected chi connectivity index (χ0v) is 16.1. The Morgan fingerprint density at radius 1 is 1.12 bits per heavy atom. The van der Waals surface area contributed by atoms with Crippen molar-refractivity contribution in [1.29, 1.82) is 0 Å². The number of para-hydroxylation sites is 1. The molecule has 2 aromatic rings. The largest absolute Gasteiger partial charge is 0.370 e. The third kappa shape index (κ3) is 5.77. The molecule has 0 aliphatic carbocycles. The molecule has 0 saturated heterocycles. The molecule has 1 amide bonds. The molecular formula is C19H25N3O3S. The molecule has 2 rings (SSSR count). The summed E-state index contributed by atoms with van der Waals surface area (Å²) in [6.07, 6.45) is 1.07. The third-order valence-electron chi connectivity index (χ3n) is 3.93. The summed E-state index contributed by atoms with van der Waals surface area (Å²) in [6.45, 7) is 6.17. The van der Waals surface area contributed by atoms with E-state index in [4.69, 9.17) is 0 Å². The van der Waals surface area contributed by atoms with Gasteiger partial charge < -0.3 is 10.2 Å². The molecule has 6 nitrogen and oxygen atoms in total. The Kier molecular flexibility index (Phi) is 6.63. The number of carbonyl (C=O) groups is 1. The van der Waals surface area contributed by atoms with Crippen LogP contribution in [-0.4, -0.2) is 40.2 Å². The van der Waals surface area contributed by atoms with Crippen LogP contribution in [0.1, 0.15) is 22.8 Å². The summed E-state index contributed by atoms with van der Waals surface area (Å²) in [5.74, 6) is -0.233. The lowest BCUT2D eigenvalue weighted by Crippen LogP contribution is -2.35. The summed E-state index contributed by atoms with van der Waals surface area (Å²) in [7, 11) is -3.37.